The number of aryl methyl sites for hydroxylation is 1. The lowest BCUT2D eigenvalue weighted by atomic mass is 9.97. The van der Waals surface area contributed by atoms with Crippen LogP contribution < -0.4 is 5.73 Å². The summed E-state index contributed by atoms with van der Waals surface area (Å²) < 4.78 is 2.17. The van der Waals surface area contributed by atoms with Crippen LogP contribution in [0.3, 0.4) is 0 Å². The van der Waals surface area contributed by atoms with Gasteiger partial charge in [0.05, 0.1) is 6.20 Å². The fraction of sp³-hybridized carbons (Fsp3) is 0.769. The lowest BCUT2D eigenvalue weighted by Crippen LogP contribution is -2.19. The molecular formula is C13H23N3. The average molecular weight is 221 g/mol. The fourth-order valence-corrected chi connectivity index (χ4v) is 2.86. The van der Waals surface area contributed by atoms with Gasteiger partial charge in [0.25, 0.3) is 0 Å². The highest BCUT2D eigenvalue weighted by Crippen LogP contribution is 2.36. The molecule has 16 heavy (non-hydrogen) atoms. The first-order valence-electron chi connectivity index (χ1n) is 6.52. The second-order valence-electron chi connectivity index (χ2n) is 5.03. The molecule has 90 valence electrons. The van der Waals surface area contributed by atoms with E-state index in [4.69, 9.17) is 5.73 Å². The lowest BCUT2D eigenvalue weighted by Gasteiger charge is -2.15. The lowest BCUT2D eigenvalue weighted by molar-refractivity contribution is 0.562. The largest absolute Gasteiger partial charge is 0.328 e. The predicted octanol–water partition coefficient (Wildman–Crippen LogP) is 2.45. The van der Waals surface area contributed by atoms with Crippen LogP contribution >= 0.6 is 0 Å². The Morgan fingerprint density at radius 2 is 2.19 bits per heavy atom. The van der Waals surface area contributed by atoms with Gasteiger partial charge in [0.2, 0.25) is 0 Å². The van der Waals surface area contributed by atoms with Gasteiger partial charge in [-0.2, -0.15) is 5.10 Å². The number of nitrogens with two attached hydrogens (primary N) is 1. The number of aromatic nitrogens is 2. The Kier molecular flexibility index (Phi) is 3.64. The number of nitrogens with zero attached hydrogens (tertiary/aromatic N) is 2. The molecule has 1 aliphatic carbocycles. The molecule has 0 amide bonds. The molecule has 2 rings (SSSR count). The van der Waals surface area contributed by atoms with Crippen LogP contribution in [0.25, 0.3) is 0 Å². The normalized spacial score (nSPS) is 19.2. The van der Waals surface area contributed by atoms with Crippen LogP contribution in [0, 0.1) is 0 Å². The second-order valence-corrected chi connectivity index (χ2v) is 5.03. The van der Waals surface area contributed by atoms with E-state index in [9.17, 15) is 0 Å². The third-order valence-corrected chi connectivity index (χ3v) is 3.54. The highest BCUT2D eigenvalue weighted by Gasteiger charge is 2.24. The van der Waals surface area contributed by atoms with Gasteiger partial charge in [-0.3, -0.25) is 4.68 Å². The average Bonchev–Trinajstić information content (AvgIpc) is 2.84. The van der Waals surface area contributed by atoms with E-state index in [1.54, 1.807) is 0 Å². The quantitative estimate of drug-likeness (QED) is 0.848. The molecule has 0 radical (unpaired) electrons. The molecule has 2 N–H and O–H groups in total. The maximum absolute atomic E-state index is 5.91. The minimum Gasteiger partial charge on any atom is -0.328 e. The second kappa shape index (κ2) is 5.00. The Hall–Kier alpha value is -0.830. The molecule has 1 atom stereocenters. The summed E-state index contributed by atoms with van der Waals surface area (Å²) in [7, 11) is 0. The molecule has 1 saturated carbocycles. The number of hydrogen-bond acceptors (Lipinski definition) is 2. The summed E-state index contributed by atoms with van der Waals surface area (Å²) in [5.74, 6) is 0.733. The van der Waals surface area contributed by atoms with Crippen molar-refractivity contribution in [1.82, 2.24) is 9.78 Å². The monoisotopic (exact) mass is 221 g/mol. The minimum atomic E-state index is 0.231. The van der Waals surface area contributed by atoms with Crippen LogP contribution in [0.4, 0.5) is 0 Å². The van der Waals surface area contributed by atoms with Crippen molar-refractivity contribution in [2.45, 2.75) is 64.5 Å². The van der Waals surface area contributed by atoms with E-state index in [2.05, 4.69) is 23.6 Å². The van der Waals surface area contributed by atoms with Crippen molar-refractivity contribution >= 4 is 0 Å². The number of hydrogen-bond donors (Lipinski definition) is 1. The van der Waals surface area contributed by atoms with Crippen molar-refractivity contribution in [1.29, 1.82) is 0 Å². The Labute approximate surface area is 98.0 Å². The molecule has 3 nitrogen and oxygen atoms in total. The van der Waals surface area contributed by atoms with Gasteiger partial charge in [0.1, 0.15) is 0 Å². The summed E-state index contributed by atoms with van der Waals surface area (Å²) in [6, 6.07) is 0.231. The smallest absolute Gasteiger partial charge is 0.0525 e. The van der Waals surface area contributed by atoms with Crippen molar-refractivity contribution in [3.8, 4) is 0 Å². The highest BCUT2D eigenvalue weighted by molar-refractivity contribution is 5.24. The molecule has 1 heterocycles. The molecule has 0 spiro atoms. The Morgan fingerprint density at radius 1 is 1.50 bits per heavy atom. The summed E-state index contributed by atoms with van der Waals surface area (Å²) in [4.78, 5) is 0. The Balaban J connectivity index is 2.26. The predicted molar refractivity (Wildman–Crippen MR) is 66.5 cm³/mol. The molecular weight excluding hydrogens is 198 g/mol. The topological polar surface area (TPSA) is 43.8 Å². The van der Waals surface area contributed by atoms with Crippen molar-refractivity contribution in [3.63, 3.8) is 0 Å². The highest BCUT2D eigenvalue weighted by atomic mass is 15.3. The van der Waals surface area contributed by atoms with Gasteiger partial charge in [-0.15, -0.1) is 0 Å². The summed E-state index contributed by atoms with van der Waals surface area (Å²) in [5, 5.41) is 4.49. The maximum Gasteiger partial charge on any atom is 0.0525 e. The van der Waals surface area contributed by atoms with Crippen LogP contribution in [0.2, 0.25) is 0 Å². The zero-order chi connectivity index (χ0) is 11.5. The molecule has 0 bridgehead atoms. The first-order valence-corrected chi connectivity index (χ1v) is 6.52. The summed E-state index contributed by atoms with van der Waals surface area (Å²) >= 11 is 0. The van der Waals surface area contributed by atoms with Gasteiger partial charge >= 0.3 is 0 Å². The summed E-state index contributed by atoms with van der Waals surface area (Å²) in [6.45, 7) is 5.22. The third kappa shape index (κ3) is 2.29. The van der Waals surface area contributed by atoms with Gasteiger partial charge in [0, 0.05) is 24.2 Å². The zero-order valence-corrected chi connectivity index (χ0v) is 10.4. The Morgan fingerprint density at radius 3 is 2.75 bits per heavy atom. The minimum absolute atomic E-state index is 0.231. The van der Waals surface area contributed by atoms with Crippen molar-refractivity contribution < 1.29 is 0 Å². The van der Waals surface area contributed by atoms with E-state index in [0.29, 0.717) is 0 Å². The first-order chi connectivity index (χ1) is 7.72. The first kappa shape index (κ1) is 11.6. The van der Waals surface area contributed by atoms with E-state index in [-0.39, 0.29) is 6.04 Å². The third-order valence-electron chi connectivity index (χ3n) is 3.54. The van der Waals surface area contributed by atoms with Crippen LogP contribution in [0.15, 0.2) is 6.20 Å². The molecule has 1 aromatic rings. The maximum atomic E-state index is 5.91. The standard InChI is InChI=1S/C13H23N3/c1-3-16-13(11-6-4-5-7-11)12(9-15-16)8-10(2)14/h9-11H,3-8,14H2,1-2H3. The van der Waals surface area contributed by atoms with E-state index >= 15 is 0 Å². The van der Waals surface area contributed by atoms with Crippen molar-refractivity contribution in [2.24, 2.45) is 5.73 Å². The van der Waals surface area contributed by atoms with E-state index < -0.39 is 0 Å². The summed E-state index contributed by atoms with van der Waals surface area (Å²) in [6.07, 6.45) is 8.40. The van der Waals surface area contributed by atoms with Gasteiger partial charge in [-0.05, 0) is 38.7 Å². The molecule has 1 unspecified atom stereocenters. The number of rotatable bonds is 4. The molecule has 1 aliphatic rings. The fourth-order valence-electron chi connectivity index (χ4n) is 2.86. The SMILES string of the molecule is CCn1ncc(CC(C)N)c1C1CCCC1. The van der Waals surface area contributed by atoms with E-state index in [1.165, 1.54) is 36.9 Å². The molecule has 3 heteroatoms. The van der Waals surface area contributed by atoms with E-state index in [1.807, 2.05) is 6.20 Å². The van der Waals surface area contributed by atoms with Crippen molar-refractivity contribution in [2.75, 3.05) is 0 Å². The molecule has 0 saturated heterocycles. The van der Waals surface area contributed by atoms with Gasteiger partial charge in [-0.25, -0.2) is 0 Å². The van der Waals surface area contributed by atoms with Gasteiger partial charge in [0.15, 0.2) is 0 Å². The summed E-state index contributed by atoms with van der Waals surface area (Å²) in [5.41, 5.74) is 8.75. The molecule has 0 aliphatic heterocycles. The molecule has 0 aromatic carbocycles. The van der Waals surface area contributed by atoms with Crippen LogP contribution in [-0.4, -0.2) is 15.8 Å². The van der Waals surface area contributed by atoms with Gasteiger partial charge < -0.3 is 5.73 Å². The Bertz CT molecular complexity index is 335. The van der Waals surface area contributed by atoms with Crippen LogP contribution in [0.1, 0.15) is 56.7 Å². The molecule has 1 fully saturated rings. The van der Waals surface area contributed by atoms with Crippen LogP contribution in [0.5, 0.6) is 0 Å². The van der Waals surface area contributed by atoms with E-state index in [0.717, 1.165) is 18.9 Å². The van der Waals surface area contributed by atoms with Crippen molar-refractivity contribution in [3.05, 3.63) is 17.5 Å². The molecule has 1 aromatic heterocycles. The zero-order valence-electron chi connectivity index (χ0n) is 10.4. The van der Waals surface area contributed by atoms with Crippen LogP contribution in [-0.2, 0) is 13.0 Å². The van der Waals surface area contributed by atoms with Gasteiger partial charge in [-0.1, -0.05) is 12.8 Å².